The summed E-state index contributed by atoms with van der Waals surface area (Å²) < 4.78 is 5.98. The van der Waals surface area contributed by atoms with Gasteiger partial charge in [-0.2, -0.15) is 0 Å². The number of non-ortho nitro benzene ring substituents is 1. The first-order valence-corrected chi connectivity index (χ1v) is 11.6. The minimum atomic E-state index is -0.529. The van der Waals surface area contributed by atoms with E-state index >= 15 is 0 Å². The van der Waals surface area contributed by atoms with Crippen molar-refractivity contribution in [3.63, 3.8) is 0 Å². The molecule has 0 saturated heterocycles. The lowest BCUT2D eigenvalue weighted by Crippen LogP contribution is -2.34. The number of hydrogen-bond acceptors (Lipinski definition) is 7. The van der Waals surface area contributed by atoms with Crippen LogP contribution in [0.2, 0.25) is 0 Å². The normalized spacial score (nSPS) is 10.7. The molecular formula is C24H26N4O5S. The van der Waals surface area contributed by atoms with Crippen LogP contribution in [0.15, 0.2) is 47.8 Å². The Bertz CT molecular complexity index is 1170. The first-order valence-electron chi connectivity index (χ1n) is 10.7. The fourth-order valence-electron chi connectivity index (χ4n) is 3.14. The molecule has 178 valence electrons. The second-order valence-corrected chi connectivity index (χ2v) is 8.87. The van der Waals surface area contributed by atoms with Gasteiger partial charge in [0.1, 0.15) is 23.1 Å². The molecule has 2 amide bonds. The van der Waals surface area contributed by atoms with Crippen LogP contribution in [0.3, 0.4) is 0 Å². The summed E-state index contributed by atoms with van der Waals surface area (Å²) in [5, 5.41) is 18.4. The van der Waals surface area contributed by atoms with E-state index in [-0.39, 0.29) is 37.2 Å². The van der Waals surface area contributed by atoms with Crippen LogP contribution in [-0.2, 0) is 6.61 Å². The van der Waals surface area contributed by atoms with E-state index in [1.165, 1.54) is 35.6 Å². The Labute approximate surface area is 201 Å². The van der Waals surface area contributed by atoms with Gasteiger partial charge in [-0.15, -0.1) is 11.3 Å². The lowest BCUT2D eigenvalue weighted by molar-refractivity contribution is -0.384. The van der Waals surface area contributed by atoms with Gasteiger partial charge in [0.15, 0.2) is 0 Å². The Morgan fingerprint density at radius 1 is 1.09 bits per heavy atom. The van der Waals surface area contributed by atoms with Crippen molar-refractivity contribution in [3.05, 3.63) is 85.4 Å². The van der Waals surface area contributed by atoms with Crippen LogP contribution in [0.25, 0.3) is 0 Å². The number of nitrogens with zero attached hydrogens (tertiary/aromatic N) is 2. The number of rotatable bonds is 10. The van der Waals surface area contributed by atoms with Gasteiger partial charge >= 0.3 is 0 Å². The summed E-state index contributed by atoms with van der Waals surface area (Å²) in [7, 11) is 0. The van der Waals surface area contributed by atoms with Crippen molar-refractivity contribution in [2.75, 3.05) is 13.1 Å². The minimum absolute atomic E-state index is 0.0870. The molecular weight excluding hydrogens is 456 g/mol. The SMILES string of the molecule is Cc1ccc(C(C)C)c(OCc2nc(C(=O)NCCNC(=O)c3ccc([N+](=O)[O-])cc3)cs2)c1. The van der Waals surface area contributed by atoms with Gasteiger partial charge in [-0.05, 0) is 42.2 Å². The number of nitrogens with one attached hydrogen (secondary N) is 2. The molecule has 0 unspecified atom stereocenters. The smallest absolute Gasteiger partial charge is 0.270 e. The summed E-state index contributed by atoms with van der Waals surface area (Å²) in [6.07, 6.45) is 0. The topological polar surface area (TPSA) is 123 Å². The average Bonchev–Trinajstić information content (AvgIpc) is 3.29. The standard InChI is InChI=1S/C24H26N4O5S/c1-15(2)19-9-4-16(3)12-21(19)33-13-22-27-20(14-34-22)24(30)26-11-10-25-23(29)17-5-7-18(8-6-17)28(31)32/h4-9,12,14-15H,10-11,13H2,1-3H3,(H,25,29)(H,26,30). The van der Waals surface area contributed by atoms with Gasteiger partial charge in [0.2, 0.25) is 0 Å². The molecule has 3 aromatic rings. The van der Waals surface area contributed by atoms with Crippen molar-refractivity contribution in [1.82, 2.24) is 15.6 Å². The zero-order valence-corrected chi connectivity index (χ0v) is 20.0. The highest BCUT2D eigenvalue weighted by Gasteiger charge is 2.13. The van der Waals surface area contributed by atoms with E-state index in [4.69, 9.17) is 4.74 Å². The fourth-order valence-corrected chi connectivity index (χ4v) is 3.83. The molecule has 0 aliphatic carbocycles. The lowest BCUT2D eigenvalue weighted by Gasteiger charge is -2.14. The molecule has 34 heavy (non-hydrogen) atoms. The van der Waals surface area contributed by atoms with Crippen LogP contribution in [0.4, 0.5) is 5.69 Å². The molecule has 0 bridgehead atoms. The number of nitro groups is 1. The number of benzene rings is 2. The second kappa shape index (κ2) is 11.4. The maximum atomic E-state index is 12.4. The number of aromatic nitrogens is 1. The van der Waals surface area contributed by atoms with E-state index in [2.05, 4.69) is 41.6 Å². The summed E-state index contributed by atoms with van der Waals surface area (Å²) in [6.45, 7) is 6.91. The fraction of sp³-hybridized carbons (Fsp3) is 0.292. The monoisotopic (exact) mass is 482 g/mol. The summed E-state index contributed by atoms with van der Waals surface area (Å²) in [5.41, 5.74) is 2.74. The molecule has 0 spiro atoms. The Morgan fingerprint density at radius 3 is 2.41 bits per heavy atom. The predicted molar refractivity (Wildman–Crippen MR) is 129 cm³/mol. The van der Waals surface area contributed by atoms with E-state index in [0.717, 1.165) is 16.9 Å². The largest absolute Gasteiger partial charge is 0.486 e. The molecule has 0 aliphatic heterocycles. The van der Waals surface area contributed by atoms with Crippen molar-refractivity contribution in [3.8, 4) is 5.75 Å². The van der Waals surface area contributed by atoms with E-state index in [9.17, 15) is 19.7 Å². The third-order valence-electron chi connectivity index (χ3n) is 4.96. The van der Waals surface area contributed by atoms with Crippen molar-refractivity contribution in [2.24, 2.45) is 0 Å². The van der Waals surface area contributed by atoms with E-state index in [1.807, 2.05) is 13.0 Å². The van der Waals surface area contributed by atoms with Gasteiger partial charge in [0, 0.05) is 36.2 Å². The van der Waals surface area contributed by atoms with Gasteiger partial charge in [0.25, 0.3) is 17.5 Å². The van der Waals surface area contributed by atoms with Gasteiger partial charge in [0.05, 0.1) is 4.92 Å². The molecule has 0 aliphatic rings. The van der Waals surface area contributed by atoms with Crippen LogP contribution >= 0.6 is 11.3 Å². The number of ether oxygens (including phenoxy) is 1. The van der Waals surface area contributed by atoms with Gasteiger partial charge < -0.3 is 15.4 Å². The third-order valence-corrected chi connectivity index (χ3v) is 5.79. The first-order chi connectivity index (χ1) is 16.2. The van der Waals surface area contributed by atoms with Gasteiger partial charge in [-0.25, -0.2) is 4.98 Å². The molecule has 2 aromatic carbocycles. The van der Waals surface area contributed by atoms with Gasteiger partial charge in [-0.1, -0.05) is 26.0 Å². The lowest BCUT2D eigenvalue weighted by atomic mass is 10.0. The molecule has 0 radical (unpaired) electrons. The highest BCUT2D eigenvalue weighted by molar-refractivity contribution is 7.09. The predicted octanol–water partition coefficient (Wildman–Crippen LogP) is 4.22. The van der Waals surface area contributed by atoms with Crippen LogP contribution in [0, 0.1) is 17.0 Å². The van der Waals surface area contributed by atoms with Crippen molar-refractivity contribution < 1.29 is 19.2 Å². The van der Waals surface area contributed by atoms with Gasteiger partial charge in [-0.3, -0.25) is 19.7 Å². The summed E-state index contributed by atoms with van der Waals surface area (Å²) in [5.74, 6) is 0.425. The Kier molecular flexibility index (Phi) is 8.31. The molecule has 3 rings (SSSR count). The number of carbonyl (C=O) groups excluding carboxylic acids is 2. The van der Waals surface area contributed by atoms with Crippen molar-refractivity contribution >= 4 is 28.8 Å². The first kappa shape index (κ1) is 24.8. The van der Waals surface area contributed by atoms with Crippen molar-refractivity contribution in [1.29, 1.82) is 0 Å². The quantitative estimate of drug-likeness (QED) is 0.253. The number of hydrogen-bond donors (Lipinski definition) is 2. The summed E-state index contributed by atoms with van der Waals surface area (Å²) in [6, 6.07) is 11.4. The molecule has 0 atom stereocenters. The van der Waals surface area contributed by atoms with E-state index < -0.39 is 4.92 Å². The molecule has 0 saturated carbocycles. The zero-order chi connectivity index (χ0) is 24.7. The average molecular weight is 483 g/mol. The minimum Gasteiger partial charge on any atom is -0.486 e. The zero-order valence-electron chi connectivity index (χ0n) is 19.2. The highest BCUT2D eigenvalue weighted by atomic mass is 32.1. The molecule has 2 N–H and O–H groups in total. The third kappa shape index (κ3) is 6.61. The Hall–Kier alpha value is -3.79. The van der Waals surface area contributed by atoms with Crippen molar-refractivity contribution in [2.45, 2.75) is 33.3 Å². The summed E-state index contributed by atoms with van der Waals surface area (Å²) >= 11 is 1.35. The second-order valence-electron chi connectivity index (χ2n) is 7.93. The van der Waals surface area contributed by atoms with Crippen LogP contribution in [-0.4, -0.2) is 34.8 Å². The summed E-state index contributed by atoms with van der Waals surface area (Å²) in [4.78, 5) is 38.9. The maximum Gasteiger partial charge on any atom is 0.270 e. The number of amides is 2. The number of nitro benzene ring substituents is 1. The number of carbonyl (C=O) groups is 2. The Morgan fingerprint density at radius 2 is 1.76 bits per heavy atom. The molecule has 9 nitrogen and oxygen atoms in total. The van der Waals surface area contributed by atoms with E-state index in [0.29, 0.717) is 22.2 Å². The number of thiazole rings is 1. The number of aryl methyl sites for hydroxylation is 1. The highest BCUT2D eigenvalue weighted by Crippen LogP contribution is 2.28. The van der Waals surface area contributed by atoms with Crippen LogP contribution in [0.1, 0.15) is 56.7 Å². The molecule has 10 heteroatoms. The van der Waals surface area contributed by atoms with Crippen LogP contribution < -0.4 is 15.4 Å². The maximum absolute atomic E-state index is 12.4. The molecule has 1 aromatic heterocycles. The van der Waals surface area contributed by atoms with E-state index in [1.54, 1.807) is 5.38 Å². The molecule has 1 heterocycles. The Balaban J connectivity index is 1.45. The molecule has 0 fully saturated rings. The van der Waals surface area contributed by atoms with Crippen LogP contribution in [0.5, 0.6) is 5.75 Å².